The van der Waals surface area contributed by atoms with Crippen LogP contribution in [0.5, 0.6) is 0 Å². The van der Waals surface area contributed by atoms with Crippen LogP contribution in [0.1, 0.15) is 0 Å². The minimum atomic E-state index is 0.566. The molecular formula is C51H28N4OS2. The zero-order valence-electron chi connectivity index (χ0n) is 30.7. The van der Waals surface area contributed by atoms with Crippen LogP contribution in [0.15, 0.2) is 174 Å². The number of nitrogens with zero attached hydrogens (tertiary/aromatic N) is 4. The Labute approximate surface area is 338 Å². The maximum Gasteiger partial charge on any atom is 0.167 e. The number of para-hydroxylation sites is 4. The molecule has 5 nitrogen and oxygen atoms in total. The monoisotopic (exact) mass is 776 g/mol. The number of benzene rings is 8. The summed E-state index contributed by atoms with van der Waals surface area (Å²) in [4.78, 5) is 15.9. The molecule has 0 bridgehead atoms. The first-order chi connectivity index (χ1) is 28.7. The largest absolute Gasteiger partial charge is 0.455 e. The summed E-state index contributed by atoms with van der Waals surface area (Å²) in [7, 11) is 0. The molecule has 13 rings (SSSR count). The van der Waals surface area contributed by atoms with Crippen LogP contribution in [-0.4, -0.2) is 19.5 Å². The van der Waals surface area contributed by atoms with E-state index in [2.05, 4.69) is 138 Å². The highest BCUT2D eigenvalue weighted by atomic mass is 32.1. The first-order valence-corrected chi connectivity index (χ1v) is 20.9. The van der Waals surface area contributed by atoms with E-state index in [0.29, 0.717) is 17.5 Å². The Bertz CT molecular complexity index is 3760. The molecule has 13 aromatic rings. The summed E-state index contributed by atoms with van der Waals surface area (Å²) in [5, 5.41) is 9.56. The zero-order chi connectivity index (χ0) is 37.9. The quantitative estimate of drug-likeness (QED) is 0.179. The molecule has 5 aromatic heterocycles. The van der Waals surface area contributed by atoms with E-state index in [1.54, 1.807) is 0 Å². The first kappa shape index (κ1) is 32.0. The molecule has 0 fully saturated rings. The molecular weight excluding hydrogens is 749 g/mol. The van der Waals surface area contributed by atoms with Crippen molar-refractivity contribution in [2.75, 3.05) is 0 Å². The molecule has 0 N–H and O–H groups in total. The Morgan fingerprint density at radius 2 is 1.02 bits per heavy atom. The van der Waals surface area contributed by atoms with Crippen LogP contribution in [0.4, 0.5) is 0 Å². The fourth-order valence-corrected chi connectivity index (χ4v) is 11.2. The molecule has 8 aromatic carbocycles. The van der Waals surface area contributed by atoms with Crippen LogP contribution in [0.3, 0.4) is 0 Å². The third kappa shape index (κ3) is 4.60. The highest BCUT2D eigenvalue weighted by Gasteiger charge is 2.23. The van der Waals surface area contributed by atoms with Gasteiger partial charge in [0.1, 0.15) is 11.2 Å². The number of furan rings is 1. The van der Waals surface area contributed by atoms with E-state index in [1.165, 1.54) is 46.4 Å². The molecule has 270 valence electrons. The van der Waals surface area contributed by atoms with E-state index in [-0.39, 0.29) is 0 Å². The summed E-state index contributed by atoms with van der Waals surface area (Å²) < 4.78 is 13.9. The Morgan fingerprint density at radius 1 is 0.414 bits per heavy atom. The fourth-order valence-electron chi connectivity index (χ4n) is 8.92. The van der Waals surface area contributed by atoms with Crippen LogP contribution in [0.25, 0.3) is 124 Å². The molecule has 0 saturated carbocycles. The Balaban J connectivity index is 1.17. The molecule has 0 radical (unpaired) electrons. The van der Waals surface area contributed by atoms with Gasteiger partial charge in [-0.25, -0.2) is 15.0 Å². The van der Waals surface area contributed by atoms with Crippen molar-refractivity contribution in [3.05, 3.63) is 170 Å². The van der Waals surface area contributed by atoms with E-state index in [9.17, 15) is 0 Å². The molecule has 0 aliphatic rings. The number of hydrogen-bond acceptors (Lipinski definition) is 6. The van der Waals surface area contributed by atoms with Crippen molar-refractivity contribution in [2.24, 2.45) is 0 Å². The van der Waals surface area contributed by atoms with Crippen molar-refractivity contribution >= 4 is 107 Å². The van der Waals surface area contributed by atoms with Crippen molar-refractivity contribution < 1.29 is 4.42 Å². The van der Waals surface area contributed by atoms with Gasteiger partial charge in [-0.1, -0.05) is 115 Å². The van der Waals surface area contributed by atoms with Crippen LogP contribution >= 0.6 is 22.7 Å². The normalized spacial score (nSPS) is 12.1. The van der Waals surface area contributed by atoms with Gasteiger partial charge in [-0.2, -0.15) is 0 Å². The molecule has 0 atom stereocenters. The summed E-state index contributed by atoms with van der Waals surface area (Å²) >= 11 is 3.66. The third-order valence-electron chi connectivity index (χ3n) is 11.5. The standard InChI is InChI=1S/C51H28N4OS2/c1-2-13-29(14-3-1)49-52-50(36-20-12-19-34-33-17-6-10-23-41(33)56-47(34)36)54-51(53-49)38-28-30(55-39-21-8-4-15-31(39)32-16-5-9-22-40(32)55)27-37-46-44(58-48(37)38)26-25-43-45(46)35-18-7-11-24-42(35)57-43/h1-28H. The molecule has 0 unspecified atom stereocenters. The molecule has 0 spiro atoms. The summed E-state index contributed by atoms with van der Waals surface area (Å²) in [6, 6.07) is 60.0. The third-order valence-corrected chi connectivity index (χ3v) is 13.8. The van der Waals surface area contributed by atoms with Crippen molar-refractivity contribution in [2.45, 2.75) is 0 Å². The van der Waals surface area contributed by atoms with Gasteiger partial charge < -0.3 is 8.98 Å². The topological polar surface area (TPSA) is 56.7 Å². The van der Waals surface area contributed by atoms with Gasteiger partial charge >= 0.3 is 0 Å². The molecule has 0 saturated heterocycles. The number of hydrogen-bond donors (Lipinski definition) is 0. The van der Waals surface area contributed by atoms with Crippen molar-refractivity contribution in [3.8, 4) is 39.9 Å². The van der Waals surface area contributed by atoms with Gasteiger partial charge in [0.2, 0.25) is 0 Å². The van der Waals surface area contributed by atoms with Crippen LogP contribution in [-0.2, 0) is 0 Å². The van der Waals surface area contributed by atoms with E-state index in [1.807, 2.05) is 59.1 Å². The Hall–Kier alpha value is -7.19. The van der Waals surface area contributed by atoms with Crippen molar-refractivity contribution in [1.82, 2.24) is 19.5 Å². The SMILES string of the molecule is c1ccc(-c2nc(-c3cccc4c3oc3ccccc34)nc(-c3cc(-n4c5ccccc5c5ccccc54)cc4c3sc3ccc5sc6ccccc6c5c34)n2)cc1. The average molecular weight is 777 g/mol. The fraction of sp³-hybridized carbons (Fsp3) is 0. The second-order valence-electron chi connectivity index (χ2n) is 14.7. The van der Waals surface area contributed by atoms with Gasteiger partial charge in [-0.05, 0) is 54.6 Å². The summed E-state index contributed by atoms with van der Waals surface area (Å²) in [5.41, 5.74) is 7.65. The lowest BCUT2D eigenvalue weighted by molar-refractivity contribution is 0.669. The minimum Gasteiger partial charge on any atom is -0.455 e. The molecule has 0 aliphatic carbocycles. The van der Waals surface area contributed by atoms with E-state index >= 15 is 0 Å². The second-order valence-corrected chi connectivity index (χ2v) is 16.8. The summed E-state index contributed by atoms with van der Waals surface area (Å²) in [6.07, 6.45) is 0. The lowest BCUT2D eigenvalue weighted by atomic mass is 10.0. The minimum absolute atomic E-state index is 0.566. The molecule has 0 aliphatic heterocycles. The van der Waals surface area contributed by atoms with Gasteiger partial charge in [-0.15, -0.1) is 22.7 Å². The average Bonchev–Trinajstić information content (AvgIpc) is 4.05. The second kappa shape index (κ2) is 12.2. The molecule has 5 heterocycles. The predicted octanol–water partition coefficient (Wildman–Crippen LogP) is 14.6. The van der Waals surface area contributed by atoms with Crippen molar-refractivity contribution in [3.63, 3.8) is 0 Å². The van der Waals surface area contributed by atoms with Crippen LogP contribution in [0.2, 0.25) is 0 Å². The molecule has 0 amide bonds. The maximum atomic E-state index is 6.56. The zero-order valence-corrected chi connectivity index (χ0v) is 32.3. The number of fused-ring (bicyclic) bond motifs is 13. The van der Waals surface area contributed by atoms with Crippen LogP contribution in [0, 0.1) is 0 Å². The van der Waals surface area contributed by atoms with Crippen LogP contribution < -0.4 is 0 Å². The lowest BCUT2D eigenvalue weighted by Gasteiger charge is -2.13. The predicted molar refractivity (Wildman–Crippen MR) is 244 cm³/mol. The smallest absolute Gasteiger partial charge is 0.167 e. The first-order valence-electron chi connectivity index (χ1n) is 19.3. The lowest BCUT2D eigenvalue weighted by Crippen LogP contribution is -2.01. The summed E-state index contributed by atoms with van der Waals surface area (Å²) in [5.74, 6) is 1.79. The van der Waals surface area contributed by atoms with E-state index in [4.69, 9.17) is 19.4 Å². The number of rotatable bonds is 4. The Kier molecular flexibility index (Phi) is 6.70. The molecule has 7 heteroatoms. The highest BCUT2D eigenvalue weighted by molar-refractivity contribution is 7.28. The van der Waals surface area contributed by atoms with E-state index in [0.717, 1.165) is 60.0 Å². The van der Waals surface area contributed by atoms with Gasteiger partial charge in [0, 0.05) is 78.7 Å². The number of thiophene rings is 2. The van der Waals surface area contributed by atoms with Gasteiger partial charge in [-0.3, -0.25) is 0 Å². The summed E-state index contributed by atoms with van der Waals surface area (Å²) in [6.45, 7) is 0. The number of aromatic nitrogens is 4. The van der Waals surface area contributed by atoms with Crippen molar-refractivity contribution in [1.29, 1.82) is 0 Å². The van der Waals surface area contributed by atoms with Gasteiger partial charge in [0.05, 0.1) is 16.6 Å². The van der Waals surface area contributed by atoms with E-state index < -0.39 is 0 Å². The maximum absolute atomic E-state index is 6.56. The Morgan fingerprint density at radius 3 is 1.81 bits per heavy atom. The molecule has 58 heavy (non-hydrogen) atoms. The van der Waals surface area contributed by atoms with Gasteiger partial charge in [0.25, 0.3) is 0 Å². The highest BCUT2D eigenvalue weighted by Crippen LogP contribution is 2.48. The van der Waals surface area contributed by atoms with Gasteiger partial charge in [0.15, 0.2) is 17.5 Å².